The number of amides is 2. The summed E-state index contributed by atoms with van der Waals surface area (Å²) in [6, 6.07) is 13.1. The number of hydrogen-bond acceptors (Lipinski definition) is 6. The quantitative estimate of drug-likeness (QED) is 0.605. The van der Waals surface area contributed by atoms with E-state index in [2.05, 4.69) is 16.4 Å². The van der Waals surface area contributed by atoms with Gasteiger partial charge in [0, 0.05) is 19.0 Å². The second-order valence-electron chi connectivity index (χ2n) is 8.60. The smallest absolute Gasteiger partial charge is 0.317 e. The van der Waals surface area contributed by atoms with Crippen LogP contribution in [0.3, 0.4) is 0 Å². The first-order chi connectivity index (χ1) is 16.1. The van der Waals surface area contributed by atoms with Crippen LogP contribution in [-0.4, -0.2) is 42.2 Å². The molecule has 0 radical (unpaired) electrons. The summed E-state index contributed by atoms with van der Waals surface area (Å²) < 4.78 is 17.6. The number of aromatic nitrogens is 1. The van der Waals surface area contributed by atoms with Gasteiger partial charge in [-0.05, 0) is 61.6 Å². The molecule has 0 spiro atoms. The van der Waals surface area contributed by atoms with E-state index in [0.29, 0.717) is 35.6 Å². The van der Waals surface area contributed by atoms with Crippen LogP contribution in [0.15, 0.2) is 40.8 Å². The molecule has 8 nitrogen and oxygen atoms in total. The Hall–Kier alpha value is -3.73. The molecule has 2 fully saturated rings. The zero-order valence-electron chi connectivity index (χ0n) is 18.5. The van der Waals surface area contributed by atoms with Gasteiger partial charge < -0.3 is 24.1 Å². The van der Waals surface area contributed by atoms with Gasteiger partial charge in [0.25, 0.3) is 0 Å². The predicted molar refractivity (Wildman–Crippen MR) is 121 cm³/mol. The highest BCUT2D eigenvalue weighted by molar-refractivity contribution is 5.76. The number of hydrogen-bond donors (Lipinski definition) is 1. The topological polar surface area (TPSA) is 101 Å². The lowest BCUT2D eigenvalue weighted by Crippen LogP contribution is -2.49. The van der Waals surface area contributed by atoms with Crippen molar-refractivity contribution in [3.63, 3.8) is 0 Å². The number of carbonyl (C=O) groups is 1. The molecule has 170 valence electrons. The van der Waals surface area contributed by atoms with Crippen LogP contribution in [0.4, 0.5) is 4.79 Å². The summed E-state index contributed by atoms with van der Waals surface area (Å²) in [7, 11) is 1.65. The number of oxazole rings is 1. The van der Waals surface area contributed by atoms with Crippen LogP contribution in [0.1, 0.15) is 48.6 Å². The summed E-state index contributed by atoms with van der Waals surface area (Å²) in [6.07, 6.45) is 4.77. The largest absolute Gasteiger partial charge is 0.493 e. The van der Waals surface area contributed by atoms with Crippen molar-refractivity contribution in [1.82, 2.24) is 15.2 Å². The van der Waals surface area contributed by atoms with Gasteiger partial charge in [-0.1, -0.05) is 6.07 Å². The molecule has 3 aromatic rings. The lowest BCUT2D eigenvalue weighted by atomic mass is 9.96. The third-order valence-corrected chi connectivity index (χ3v) is 6.37. The molecule has 1 saturated heterocycles. The van der Waals surface area contributed by atoms with E-state index >= 15 is 0 Å². The van der Waals surface area contributed by atoms with E-state index in [4.69, 9.17) is 19.2 Å². The van der Waals surface area contributed by atoms with Crippen molar-refractivity contribution >= 4 is 17.1 Å². The summed E-state index contributed by atoms with van der Waals surface area (Å²) >= 11 is 0. The summed E-state index contributed by atoms with van der Waals surface area (Å²) in [5.74, 6) is 2.02. The maximum Gasteiger partial charge on any atom is 0.317 e. The van der Waals surface area contributed by atoms with Crippen molar-refractivity contribution in [2.24, 2.45) is 0 Å². The highest BCUT2D eigenvalue weighted by Crippen LogP contribution is 2.35. The van der Waals surface area contributed by atoms with Crippen molar-refractivity contribution in [3.8, 4) is 17.6 Å². The molecule has 1 unspecified atom stereocenters. The van der Waals surface area contributed by atoms with Gasteiger partial charge >= 0.3 is 6.03 Å². The minimum absolute atomic E-state index is 0.0918. The van der Waals surface area contributed by atoms with Crippen LogP contribution in [0.2, 0.25) is 0 Å². The molecule has 1 atom stereocenters. The number of nitrogens with zero attached hydrogens (tertiary/aromatic N) is 3. The van der Waals surface area contributed by atoms with E-state index in [9.17, 15) is 4.79 Å². The fraction of sp³-hybridized carbons (Fsp3) is 0.400. The van der Waals surface area contributed by atoms with Crippen LogP contribution in [-0.2, 0) is 6.54 Å². The average molecular weight is 447 g/mol. The van der Waals surface area contributed by atoms with Crippen molar-refractivity contribution in [2.75, 3.05) is 20.2 Å². The van der Waals surface area contributed by atoms with E-state index in [0.717, 1.165) is 29.9 Å². The Kier molecular flexibility index (Phi) is 5.78. The number of fused-ring (bicyclic) bond motifs is 1. The third kappa shape index (κ3) is 4.44. The van der Waals surface area contributed by atoms with Gasteiger partial charge in [-0.3, -0.25) is 0 Å². The number of nitriles is 1. The Bertz CT molecular complexity index is 1210. The number of rotatable bonds is 6. The van der Waals surface area contributed by atoms with Gasteiger partial charge in [-0.15, -0.1) is 0 Å². The molecule has 1 saturated carbocycles. The standard InChI is InChI=1S/C25H26N4O4/c1-31-22-9-7-17(11-23(22)32-19-4-2-3-5-19)18-13-27-25(30)29(14-18)15-24-28-20-10-16(12-26)6-8-21(20)33-24/h6-11,18-19H,2-5,13-15H2,1H3,(H,27,30). The van der Waals surface area contributed by atoms with Crippen LogP contribution in [0.5, 0.6) is 11.5 Å². The van der Waals surface area contributed by atoms with Gasteiger partial charge in [0.05, 0.1) is 31.4 Å². The number of ether oxygens (including phenoxy) is 2. The first-order valence-electron chi connectivity index (χ1n) is 11.3. The average Bonchev–Trinajstić information content (AvgIpc) is 3.49. The normalized spacial score (nSPS) is 18.8. The maximum atomic E-state index is 12.5. The Morgan fingerprint density at radius 3 is 2.85 bits per heavy atom. The van der Waals surface area contributed by atoms with Crippen molar-refractivity contribution < 1.29 is 18.7 Å². The Labute approximate surface area is 192 Å². The van der Waals surface area contributed by atoms with E-state index in [-0.39, 0.29) is 24.6 Å². The Morgan fingerprint density at radius 1 is 1.21 bits per heavy atom. The Morgan fingerprint density at radius 2 is 2.06 bits per heavy atom. The Balaban J connectivity index is 1.33. The molecule has 1 aliphatic carbocycles. The zero-order chi connectivity index (χ0) is 22.8. The fourth-order valence-corrected chi connectivity index (χ4v) is 4.60. The predicted octanol–water partition coefficient (Wildman–Crippen LogP) is 4.34. The monoisotopic (exact) mass is 446 g/mol. The van der Waals surface area contributed by atoms with Gasteiger partial charge in [-0.25, -0.2) is 9.78 Å². The molecule has 1 N–H and O–H groups in total. The highest BCUT2D eigenvalue weighted by Gasteiger charge is 2.29. The minimum Gasteiger partial charge on any atom is -0.493 e. The van der Waals surface area contributed by atoms with Crippen LogP contribution < -0.4 is 14.8 Å². The SMILES string of the molecule is COc1ccc(C2CNC(=O)N(Cc3nc4cc(C#N)ccc4o3)C2)cc1OC1CCCC1. The molecule has 2 amide bonds. The third-order valence-electron chi connectivity index (χ3n) is 6.37. The number of benzene rings is 2. The molecule has 8 heteroatoms. The maximum absolute atomic E-state index is 12.5. The summed E-state index contributed by atoms with van der Waals surface area (Å²) in [6.45, 7) is 1.33. The number of urea groups is 1. The van der Waals surface area contributed by atoms with Gasteiger partial charge in [0.2, 0.25) is 5.89 Å². The first-order valence-corrected chi connectivity index (χ1v) is 11.3. The van der Waals surface area contributed by atoms with E-state index in [1.807, 2.05) is 18.2 Å². The molecule has 2 aliphatic rings. The molecule has 33 heavy (non-hydrogen) atoms. The van der Waals surface area contributed by atoms with Crippen molar-refractivity contribution in [2.45, 2.75) is 44.2 Å². The number of carbonyl (C=O) groups excluding carboxylic acids is 1. The first kappa shape index (κ1) is 21.1. The van der Waals surface area contributed by atoms with E-state index in [1.54, 1.807) is 30.2 Å². The molecule has 1 aromatic heterocycles. The van der Waals surface area contributed by atoms with E-state index < -0.39 is 0 Å². The minimum atomic E-state index is -0.151. The zero-order valence-corrected chi connectivity index (χ0v) is 18.5. The molecule has 0 bridgehead atoms. The molecular formula is C25H26N4O4. The van der Waals surface area contributed by atoms with Crippen LogP contribution in [0.25, 0.3) is 11.1 Å². The number of methoxy groups -OCH3 is 1. The second-order valence-corrected chi connectivity index (χ2v) is 8.60. The van der Waals surface area contributed by atoms with Crippen LogP contribution in [0, 0.1) is 11.3 Å². The highest BCUT2D eigenvalue weighted by atomic mass is 16.5. The number of nitrogens with one attached hydrogen (secondary N) is 1. The summed E-state index contributed by atoms with van der Waals surface area (Å²) in [5.41, 5.74) is 2.82. The lowest BCUT2D eigenvalue weighted by Gasteiger charge is -2.33. The fourth-order valence-electron chi connectivity index (χ4n) is 4.60. The van der Waals surface area contributed by atoms with Gasteiger partial charge in [0.15, 0.2) is 17.1 Å². The van der Waals surface area contributed by atoms with Gasteiger partial charge in [-0.2, -0.15) is 5.26 Å². The van der Waals surface area contributed by atoms with Gasteiger partial charge in [0.1, 0.15) is 5.52 Å². The molecule has 2 aromatic carbocycles. The molecule has 1 aliphatic heterocycles. The molecule has 5 rings (SSSR count). The summed E-state index contributed by atoms with van der Waals surface area (Å²) in [4.78, 5) is 18.7. The van der Waals surface area contributed by atoms with Crippen LogP contribution >= 0.6 is 0 Å². The molecule has 2 heterocycles. The summed E-state index contributed by atoms with van der Waals surface area (Å²) in [5, 5.41) is 12.1. The second kappa shape index (κ2) is 9.02. The molecular weight excluding hydrogens is 420 g/mol. The van der Waals surface area contributed by atoms with Crippen molar-refractivity contribution in [1.29, 1.82) is 5.26 Å². The van der Waals surface area contributed by atoms with Crippen molar-refractivity contribution in [3.05, 3.63) is 53.4 Å². The lowest BCUT2D eigenvalue weighted by molar-refractivity contribution is 0.170. The van der Waals surface area contributed by atoms with E-state index in [1.165, 1.54) is 12.8 Å².